The van der Waals surface area contributed by atoms with Gasteiger partial charge in [0, 0.05) is 12.4 Å². The van der Waals surface area contributed by atoms with Crippen LogP contribution >= 0.6 is 0 Å². The summed E-state index contributed by atoms with van der Waals surface area (Å²) < 4.78 is 0. The van der Waals surface area contributed by atoms with Gasteiger partial charge in [-0.1, -0.05) is 29.7 Å². The molecule has 2 N–H and O–H groups in total. The minimum absolute atomic E-state index is 0.0741. The first-order valence-electron chi connectivity index (χ1n) is 7.58. The minimum atomic E-state index is -0.544. The highest BCUT2D eigenvalue weighted by atomic mass is 16.2. The van der Waals surface area contributed by atoms with E-state index in [1.165, 1.54) is 12.4 Å². The summed E-state index contributed by atoms with van der Waals surface area (Å²) in [6.45, 7) is 1.82. The molecule has 7 nitrogen and oxygen atoms in total. The molecule has 8 heteroatoms. The van der Waals surface area contributed by atoms with E-state index in [1.54, 1.807) is 24.3 Å². The van der Waals surface area contributed by atoms with Crippen molar-refractivity contribution < 1.29 is 4.79 Å². The van der Waals surface area contributed by atoms with Crippen LogP contribution in [0.1, 0.15) is 28.9 Å². The monoisotopic (exact) mass is 331 g/mol. The molecular weight excluding hydrogens is 317 g/mol. The molecule has 0 spiro atoms. The normalized spacial score (nSPS) is 11.7. The topological polar surface area (TPSA) is 101 Å². The number of amides is 1. The van der Waals surface area contributed by atoms with Crippen molar-refractivity contribution in [3.05, 3.63) is 70.3 Å². The first-order chi connectivity index (χ1) is 12.0. The van der Waals surface area contributed by atoms with E-state index in [0.29, 0.717) is 11.2 Å². The summed E-state index contributed by atoms with van der Waals surface area (Å²) in [4.78, 5) is 31.2. The summed E-state index contributed by atoms with van der Waals surface area (Å²) in [6.07, 6.45) is 2.75. The van der Waals surface area contributed by atoms with Crippen molar-refractivity contribution >= 4 is 19.2 Å². The minimum Gasteiger partial charge on any atom is -0.345 e. The third kappa shape index (κ3) is 3.80. The van der Waals surface area contributed by atoms with Crippen LogP contribution in [0.4, 0.5) is 0 Å². The molecular formula is C17H14BN5O2. The number of rotatable bonds is 4. The van der Waals surface area contributed by atoms with E-state index in [1.807, 2.05) is 19.1 Å². The highest BCUT2D eigenvalue weighted by Crippen LogP contribution is 2.11. The number of hydrogen-bond donors (Lipinski definition) is 2. The van der Waals surface area contributed by atoms with Crippen molar-refractivity contribution in [1.29, 1.82) is 0 Å². The second kappa shape index (κ2) is 7.08. The van der Waals surface area contributed by atoms with E-state index < -0.39 is 11.5 Å². The van der Waals surface area contributed by atoms with Gasteiger partial charge in [-0.3, -0.25) is 9.59 Å². The average Bonchev–Trinajstić information content (AvgIpc) is 2.62. The van der Waals surface area contributed by atoms with Crippen molar-refractivity contribution in [2.24, 2.45) is 0 Å². The molecule has 122 valence electrons. The molecule has 0 unspecified atom stereocenters. The zero-order valence-corrected chi connectivity index (χ0v) is 13.4. The molecule has 0 bridgehead atoms. The van der Waals surface area contributed by atoms with Crippen molar-refractivity contribution in [3.63, 3.8) is 0 Å². The molecule has 1 atom stereocenters. The summed E-state index contributed by atoms with van der Waals surface area (Å²) in [5, 5.41) is 10.4. The second-order valence-electron chi connectivity index (χ2n) is 5.45. The van der Waals surface area contributed by atoms with E-state index in [4.69, 9.17) is 7.85 Å². The van der Waals surface area contributed by atoms with Crippen molar-refractivity contribution in [3.8, 4) is 11.5 Å². The van der Waals surface area contributed by atoms with Crippen LogP contribution in [0.2, 0.25) is 0 Å². The number of benzene rings is 1. The summed E-state index contributed by atoms with van der Waals surface area (Å²) >= 11 is 0. The number of hydrogen-bond acceptors (Lipinski definition) is 5. The lowest BCUT2D eigenvalue weighted by Gasteiger charge is -2.14. The van der Waals surface area contributed by atoms with Gasteiger partial charge in [-0.05, 0) is 24.6 Å². The number of aromatic nitrogens is 4. The molecule has 25 heavy (non-hydrogen) atoms. The van der Waals surface area contributed by atoms with Crippen LogP contribution in [0.3, 0.4) is 0 Å². The predicted octanol–water partition coefficient (Wildman–Crippen LogP) is 0.512. The van der Waals surface area contributed by atoms with E-state index in [2.05, 4.69) is 25.5 Å². The van der Waals surface area contributed by atoms with E-state index in [-0.39, 0.29) is 17.4 Å². The van der Waals surface area contributed by atoms with Crippen LogP contribution in [0.5, 0.6) is 0 Å². The number of carbonyl (C=O) groups excluding carboxylic acids is 1. The highest BCUT2D eigenvalue weighted by Gasteiger charge is 2.16. The summed E-state index contributed by atoms with van der Waals surface area (Å²) in [5.74, 6) is -0.259. The fraction of sp³-hybridized carbons (Fsp3) is 0.118. The Morgan fingerprint density at radius 3 is 2.64 bits per heavy atom. The standard InChI is InChI=1S/C17H14BN5O2/c1-10(11-4-6-12(18)7-5-11)21-16(24)13-9-19-15(22-17(13)25)14-3-2-8-20-23-14/h2-10H,1H3,(H,21,24)(H,19,22,25)/t10-/m0/s1. The zero-order valence-electron chi connectivity index (χ0n) is 13.4. The Kier molecular flexibility index (Phi) is 4.69. The SMILES string of the molecule is [B]c1ccc([C@H](C)NC(=O)c2cnc(-c3cccnn3)[nH]c2=O)cc1. The molecule has 3 rings (SSSR count). The Morgan fingerprint density at radius 1 is 1.24 bits per heavy atom. The van der Waals surface area contributed by atoms with E-state index in [9.17, 15) is 9.59 Å². The van der Waals surface area contributed by atoms with Gasteiger partial charge in [-0.15, -0.1) is 5.10 Å². The molecule has 0 fully saturated rings. The Balaban J connectivity index is 1.78. The maximum atomic E-state index is 12.3. The molecule has 0 aliphatic heterocycles. The van der Waals surface area contributed by atoms with Crippen LogP contribution in [-0.4, -0.2) is 33.9 Å². The molecule has 0 aliphatic carbocycles. The molecule has 1 aromatic carbocycles. The van der Waals surface area contributed by atoms with Crippen LogP contribution in [0, 0.1) is 0 Å². The number of carbonyl (C=O) groups is 1. The zero-order chi connectivity index (χ0) is 17.8. The van der Waals surface area contributed by atoms with Gasteiger partial charge in [0.05, 0.1) is 6.04 Å². The Bertz CT molecular complexity index is 941. The fourth-order valence-electron chi connectivity index (χ4n) is 2.26. The molecule has 1 amide bonds. The molecule has 2 radical (unpaired) electrons. The Hall–Kier alpha value is -3.29. The van der Waals surface area contributed by atoms with E-state index >= 15 is 0 Å². The summed E-state index contributed by atoms with van der Waals surface area (Å²) in [7, 11) is 5.65. The molecule has 3 aromatic rings. The van der Waals surface area contributed by atoms with Crippen molar-refractivity contribution in [2.75, 3.05) is 0 Å². The Labute approximate surface area is 145 Å². The van der Waals surface area contributed by atoms with Gasteiger partial charge >= 0.3 is 0 Å². The molecule has 2 aromatic heterocycles. The first-order valence-corrected chi connectivity index (χ1v) is 7.58. The molecule has 0 aliphatic rings. The van der Waals surface area contributed by atoms with Crippen molar-refractivity contribution in [1.82, 2.24) is 25.5 Å². The van der Waals surface area contributed by atoms with Gasteiger partial charge < -0.3 is 10.3 Å². The third-order valence-electron chi connectivity index (χ3n) is 3.64. The lowest BCUT2D eigenvalue weighted by molar-refractivity contribution is 0.0938. The first kappa shape index (κ1) is 16.6. The quantitative estimate of drug-likeness (QED) is 0.679. The highest BCUT2D eigenvalue weighted by molar-refractivity contribution is 6.32. The number of aromatic amines is 1. The average molecular weight is 331 g/mol. The number of nitrogens with zero attached hydrogens (tertiary/aromatic N) is 3. The molecule has 2 heterocycles. The fourth-order valence-corrected chi connectivity index (χ4v) is 2.26. The smallest absolute Gasteiger partial charge is 0.264 e. The van der Waals surface area contributed by atoms with Gasteiger partial charge in [0.25, 0.3) is 11.5 Å². The molecule has 0 saturated carbocycles. The predicted molar refractivity (Wildman–Crippen MR) is 93.6 cm³/mol. The number of H-pyrrole nitrogens is 1. The maximum absolute atomic E-state index is 12.3. The van der Waals surface area contributed by atoms with Crippen LogP contribution in [0.15, 0.2) is 53.6 Å². The van der Waals surface area contributed by atoms with Crippen LogP contribution < -0.4 is 16.3 Å². The van der Waals surface area contributed by atoms with Crippen molar-refractivity contribution in [2.45, 2.75) is 13.0 Å². The lowest BCUT2D eigenvalue weighted by atomic mass is 9.94. The summed E-state index contributed by atoms with van der Waals surface area (Å²) in [5.41, 5.74) is 1.32. The number of nitrogens with one attached hydrogen (secondary N) is 2. The van der Waals surface area contributed by atoms with E-state index in [0.717, 1.165) is 5.56 Å². The second-order valence-corrected chi connectivity index (χ2v) is 5.45. The van der Waals surface area contributed by atoms with Gasteiger partial charge in [-0.2, -0.15) is 5.10 Å². The van der Waals surface area contributed by atoms with Gasteiger partial charge in [-0.25, -0.2) is 4.98 Å². The Morgan fingerprint density at radius 2 is 2.00 bits per heavy atom. The van der Waals surface area contributed by atoms with Gasteiger partial charge in [0.2, 0.25) is 0 Å². The van der Waals surface area contributed by atoms with Crippen LogP contribution in [0.25, 0.3) is 11.5 Å². The summed E-state index contributed by atoms with van der Waals surface area (Å²) in [6, 6.07) is 10.2. The lowest BCUT2D eigenvalue weighted by Crippen LogP contribution is -2.32. The molecule has 0 saturated heterocycles. The van der Waals surface area contributed by atoms with Crippen LogP contribution in [-0.2, 0) is 0 Å². The third-order valence-corrected chi connectivity index (χ3v) is 3.64. The van der Waals surface area contributed by atoms with Gasteiger partial charge in [0.1, 0.15) is 19.1 Å². The van der Waals surface area contributed by atoms with Gasteiger partial charge in [0.15, 0.2) is 5.82 Å². The largest absolute Gasteiger partial charge is 0.345 e. The maximum Gasteiger partial charge on any atom is 0.264 e.